The zero-order valence-corrected chi connectivity index (χ0v) is 18.0. The Morgan fingerprint density at radius 2 is 1.97 bits per heavy atom. The Morgan fingerprint density at radius 1 is 1.13 bits per heavy atom. The van der Waals surface area contributed by atoms with E-state index in [4.69, 9.17) is 0 Å². The van der Waals surface area contributed by atoms with E-state index in [2.05, 4.69) is 43.7 Å². The average Bonchev–Trinajstić information content (AvgIpc) is 3.32. The highest BCUT2D eigenvalue weighted by atomic mass is 32.1. The second-order valence-electron chi connectivity index (χ2n) is 6.89. The van der Waals surface area contributed by atoms with Gasteiger partial charge in [-0.05, 0) is 42.1 Å². The standard InChI is InChI=1S/C22H22N6O2S/c1-3-23-18-12-17-16(11-20(18)28(29)30)22(26-14-25-17)24-13-15-7-4-5-8-19(15)27(2)21-9-6-10-31-21/h4-12,14,23H,3,13H2,1-2H3,(H,24,25,26). The van der Waals surface area contributed by atoms with Crippen LogP contribution in [0.3, 0.4) is 0 Å². The summed E-state index contributed by atoms with van der Waals surface area (Å²) in [4.78, 5) is 22.0. The third-order valence-electron chi connectivity index (χ3n) is 4.95. The van der Waals surface area contributed by atoms with Gasteiger partial charge in [-0.15, -0.1) is 11.3 Å². The number of nitrogens with zero attached hydrogens (tertiary/aromatic N) is 4. The largest absolute Gasteiger partial charge is 0.380 e. The van der Waals surface area contributed by atoms with Gasteiger partial charge < -0.3 is 15.5 Å². The van der Waals surface area contributed by atoms with Gasteiger partial charge in [0, 0.05) is 37.3 Å². The number of thiophene rings is 1. The Balaban J connectivity index is 1.66. The quantitative estimate of drug-likeness (QED) is 0.283. The minimum Gasteiger partial charge on any atom is -0.380 e. The van der Waals surface area contributed by atoms with Gasteiger partial charge in [0.25, 0.3) is 5.69 Å². The van der Waals surface area contributed by atoms with Crippen LogP contribution in [0.4, 0.5) is 27.9 Å². The van der Waals surface area contributed by atoms with Crippen LogP contribution in [0.5, 0.6) is 0 Å². The monoisotopic (exact) mass is 434 g/mol. The van der Waals surface area contributed by atoms with E-state index in [1.165, 1.54) is 12.4 Å². The fraction of sp³-hybridized carbons (Fsp3) is 0.182. The van der Waals surface area contributed by atoms with Crippen molar-refractivity contribution in [3.8, 4) is 0 Å². The molecule has 0 fully saturated rings. The number of nitro groups is 1. The van der Waals surface area contributed by atoms with Gasteiger partial charge >= 0.3 is 0 Å². The van der Waals surface area contributed by atoms with Gasteiger partial charge in [0.2, 0.25) is 0 Å². The van der Waals surface area contributed by atoms with Crippen LogP contribution in [0.15, 0.2) is 60.2 Å². The van der Waals surface area contributed by atoms with E-state index < -0.39 is 0 Å². The van der Waals surface area contributed by atoms with Crippen molar-refractivity contribution in [1.82, 2.24) is 9.97 Å². The summed E-state index contributed by atoms with van der Waals surface area (Å²) in [7, 11) is 2.04. The first-order chi connectivity index (χ1) is 15.1. The first-order valence-corrected chi connectivity index (χ1v) is 10.7. The summed E-state index contributed by atoms with van der Waals surface area (Å²) < 4.78 is 0. The van der Waals surface area contributed by atoms with E-state index in [1.54, 1.807) is 17.4 Å². The summed E-state index contributed by atoms with van der Waals surface area (Å²) in [5, 5.41) is 21.7. The normalized spacial score (nSPS) is 10.8. The third kappa shape index (κ3) is 4.26. The molecular formula is C22H22N6O2S. The number of fused-ring (bicyclic) bond motifs is 1. The minimum atomic E-state index is -0.389. The zero-order chi connectivity index (χ0) is 21.8. The summed E-state index contributed by atoms with van der Waals surface area (Å²) in [6.07, 6.45) is 1.47. The molecule has 2 aromatic carbocycles. The van der Waals surface area contributed by atoms with E-state index in [9.17, 15) is 10.1 Å². The Morgan fingerprint density at radius 3 is 2.71 bits per heavy atom. The first-order valence-electron chi connectivity index (χ1n) is 9.84. The summed E-state index contributed by atoms with van der Waals surface area (Å²) >= 11 is 1.68. The fourth-order valence-corrected chi connectivity index (χ4v) is 4.17. The molecule has 0 saturated heterocycles. The number of nitro benzene ring substituents is 1. The molecule has 9 heteroatoms. The van der Waals surface area contributed by atoms with Crippen LogP contribution in [-0.2, 0) is 6.54 Å². The molecule has 0 spiro atoms. The predicted octanol–water partition coefficient (Wildman–Crippen LogP) is 5.41. The van der Waals surface area contributed by atoms with Gasteiger partial charge in [0.05, 0.1) is 15.4 Å². The average molecular weight is 435 g/mol. The molecular weight excluding hydrogens is 412 g/mol. The van der Waals surface area contributed by atoms with Crippen molar-refractivity contribution in [2.45, 2.75) is 13.5 Å². The molecule has 0 aliphatic carbocycles. The predicted molar refractivity (Wildman–Crippen MR) is 127 cm³/mol. The number of aromatic nitrogens is 2. The molecule has 2 aromatic heterocycles. The first kappa shape index (κ1) is 20.5. The number of hydrogen-bond acceptors (Lipinski definition) is 8. The number of hydrogen-bond donors (Lipinski definition) is 2. The molecule has 4 rings (SSSR count). The van der Waals surface area contributed by atoms with Crippen molar-refractivity contribution < 1.29 is 4.92 Å². The van der Waals surface area contributed by atoms with Crippen LogP contribution in [-0.4, -0.2) is 28.5 Å². The van der Waals surface area contributed by atoms with Crippen molar-refractivity contribution in [2.24, 2.45) is 0 Å². The topological polar surface area (TPSA) is 96.2 Å². The highest BCUT2D eigenvalue weighted by Crippen LogP contribution is 2.33. The molecule has 0 aliphatic heterocycles. The van der Waals surface area contributed by atoms with E-state index in [1.807, 2.05) is 37.6 Å². The minimum absolute atomic E-state index is 0.00466. The van der Waals surface area contributed by atoms with Crippen molar-refractivity contribution in [1.29, 1.82) is 0 Å². The van der Waals surface area contributed by atoms with Gasteiger partial charge in [-0.2, -0.15) is 0 Å². The highest BCUT2D eigenvalue weighted by Gasteiger charge is 2.18. The van der Waals surface area contributed by atoms with Crippen LogP contribution in [0, 0.1) is 10.1 Å². The summed E-state index contributed by atoms with van der Waals surface area (Å²) in [6.45, 7) is 2.99. The molecule has 0 atom stereocenters. The molecule has 0 radical (unpaired) electrons. The van der Waals surface area contributed by atoms with Crippen LogP contribution < -0.4 is 15.5 Å². The summed E-state index contributed by atoms with van der Waals surface area (Å²) in [5.74, 6) is 0.560. The highest BCUT2D eigenvalue weighted by molar-refractivity contribution is 7.14. The Kier molecular flexibility index (Phi) is 5.94. The Labute approximate surface area is 183 Å². The van der Waals surface area contributed by atoms with Crippen molar-refractivity contribution in [2.75, 3.05) is 29.1 Å². The molecule has 0 unspecified atom stereocenters. The molecule has 0 bridgehead atoms. The molecule has 2 N–H and O–H groups in total. The van der Waals surface area contributed by atoms with Gasteiger partial charge in [-0.3, -0.25) is 10.1 Å². The van der Waals surface area contributed by atoms with Crippen molar-refractivity contribution in [3.63, 3.8) is 0 Å². The maximum absolute atomic E-state index is 11.6. The van der Waals surface area contributed by atoms with E-state index >= 15 is 0 Å². The summed E-state index contributed by atoms with van der Waals surface area (Å²) in [5.41, 5.74) is 3.26. The van der Waals surface area contributed by atoms with E-state index in [0.717, 1.165) is 16.3 Å². The molecule has 158 valence electrons. The lowest BCUT2D eigenvalue weighted by molar-refractivity contribution is -0.383. The second-order valence-corrected chi connectivity index (χ2v) is 7.81. The smallest absolute Gasteiger partial charge is 0.293 e. The number of anilines is 4. The lowest BCUT2D eigenvalue weighted by Gasteiger charge is -2.21. The lowest BCUT2D eigenvalue weighted by Crippen LogP contribution is -2.12. The van der Waals surface area contributed by atoms with Crippen LogP contribution in [0.2, 0.25) is 0 Å². The number of benzene rings is 2. The zero-order valence-electron chi connectivity index (χ0n) is 17.2. The maximum atomic E-state index is 11.6. The fourth-order valence-electron chi connectivity index (χ4n) is 3.46. The third-order valence-corrected chi connectivity index (χ3v) is 5.90. The lowest BCUT2D eigenvalue weighted by atomic mass is 10.1. The maximum Gasteiger partial charge on any atom is 0.293 e. The van der Waals surface area contributed by atoms with Gasteiger partial charge in [-0.25, -0.2) is 9.97 Å². The van der Waals surface area contributed by atoms with Gasteiger partial charge in [0.1, 0.15) is 17.8 Å². The molecule has 4 aromatic rings. The number of rotatable bonds is 8. The SMILES string of the molecule is CCNc1cc2ncnc(NCc3ccccc3N(C)c3cccs3)c2cc1[N+](=O)[O-]. The molecule has 0 saturated carbocycles. The van der Waals surface area contributed by atoms with Crippen LogP contribution in [0.25, 0.3) is 10.9 Å². The molecule has 0 amide bonds. The van der Waals surface area contributed by atoms with Crippen LogP contribution in [0.1, 0.15) is 12.5 Å². The summed E-state index contributed by atoms with van der Waals surface area (Å²) in [6, 6.07) is 15.5. The molecule has 0 aliphatic rings. The van der Waals surface area contributed by atoms with Gasteiger partial charge in [0.15, 0.2) is 0 Å². The number of nitrogens with one attached hydrogen (secondary N) is 2. The Hall–Kier alpha value is -3.72. The van der Waals surface area contributed by atoms with E-state index in [-0.39, 0.29) is 10.6 Å². The molecule has 31 heavy (non-hydrogen) atoms. The van der Waals surface area contributed by atoms with Gasteiger partial charge in [-0.1, -0.05) is 18.2 Å². The molecule has 8 nitrogen and oxygen atoms in total. The van der Waals surface area contributed by atoms with Crippen molar-refractivity contribution >= 4 is 50.1 Å². The van der Waals surface area contributed by atoms with Crippen molar-refractivity contribution in [3.05, 3.63) is 75.9 Å². The second kappa shape index (κ2) is 8.97. The number of para-hydroxylation sites is 1. The van der Waals surface area contributed by atoms with E-state index in [0.29, 0.717) is 35.5 Å². The van der Waals surface area contributed by atoms with Crippen LogP contribution >= 0.6 is 11.3 Å². The molecule has 2 heterocycles. The Bertz CT molecular complexity index is 1210.